The van der Waals surface area contributed by atoms with Crippen molar-refractivity contribution in [3.05, 3.63) is 45.4 Å². The van der Waals surface area contributed by atoms with E-state index in [9.17, 15) is 0 Å². The lowest BCUT2D eigenvalue weighted by molar-refractivity contribution is 0.241. The minimum atomic E-state index is 0.475. The predicted octanol–water partition coefficient (Wildman–Crippen LogP) is 3.67. The van der Waals surface area contributed by atoms with E-state index >= 15 is 0 Å². The molecule has 4 rings (SSSR count). The second kappa shape index (κ2) is 6.78. The van der Waals surface area contributed by atoms with Crippen LogP contribution in [0.15, 0.2) is 29.9 Å². The maximum absolute atomic E-state index is 5.72. The summed E-state index contributed by atoms with van der Waals surface area (Å²) in [5.41, 5.74) is 2.10. The molecule has 3 aromatic heterocycles. The Morgan fingerprint density at radius 1 is 1.40 bits per heavy atom. The Bertz CT molecular complexity index is 922. The van der Waals surface area contributed by atoms with Crippen LogP contribution >= 0.6 is 23.6 Å². The summed E-state index contributed by atoms with van der Waals surface area (Å²) in [6, 6.07) is 4.45. The Morgan fingerprint density at radius 3 is 2.88 bits per heavy atom. The van der Waals surface area contributed by atoms with Gasteiger partial charge in [-0.25, -0.2) is 9.67 Å². The van der Waals surface area contributed by atoms with Crippen molar-refractivity contribution in [1.82, 2.24) is 29.2 Å². The van der Waals surface area contributed by atoms with E-state index < -0.39 is 0 Å². The molecule has 0 saturated heterocycles. The first-order chi connectivity index (χ1) is 12.1. The zero-order chi connectivity index (χ0) is 17.4. The van der Waals surface area contributed by atoms with Crippen LogP contribution in [0, 0.1) is 11.7 Å². The minimum absolute atomic E-state index is 0.475. The monoisotopic (exact) mass is 372 g/mol. The first-order valence-electron chi connectivity index (χ1n) is 8.31. The first-order valence-corrected chi connectivity index (χ1v) is 9.60. The smallest absolute Gasteiger partial charge is 0.199 e. The van der Waals surface area contributed by atoms with Crippen LogP contribution in [0.1, 0.15) is 29.6 Å². The molecule has 1 aliphatic rings. The van der Waals surface area contributed by atoms with E-state index in [4.69, 9.17) is 17.3 Å². The second-order valence-corrected chi connectivity index (χ2v) is 7.89. The van der Waals surface area contributed by atoms with Crippen molar-refractivity contribution in [3.63, 3.8) is 0 Å². The average Bonchev–Trinajstić information content (AvgIpc) is 3.28. The minimum Gasteiger partial charge on any atom is -0.297 e. The molecule has 0 amide bonds. The zero-order valence-corrected chi connectivity index (χ0v) is 15.9. The summed E-state index contributed by atoms with van der Waals surface area (Å²) in [6.45, 7) is 3.45. The Balaban J connectivity index is 1.60. The van der Waals surface area contributed by atoms with Gasteiger partial charge in [0.2, 0.25) is 0 Å². The van der Waals surface area contributed by atoms with Crippen molar-refractivity contribution < 1.29 is 0 Å². The van der Waals surface area contributed by atoms with Crippen LogP contribution in [-0.2, 0) is 13.2 Å². The summed E-state index contributed by atoms with van der Waals surface area (Å²) >= 11 is 7.40. The molecular weight excluding hydrogens is 352 g/mol. The van der Waals surface area contributed by atoms with Crippen LogP contribution in [-0.4, -0.2) is 36.3 Å². The number of hydrogen-bond donors (Lipinski definition) is 0. The predicted molar refractivity (Wildman–Crippen MR) is 101 cm³/mol. The Labute approximate surface area is 155 Å². The average molecular weight is 373 g/mol. The fourth-order valence-electron chi connectivity index (χ4n) is 2.90. The standard InChI is InChI=1S/C17H20N6S2/c1-12-19-14(10-25-12)9-21(2)11-22-17(24)23(15-5-6-15)16(20-22)13-4-3-7-18-8-13/h3-4,7-8,10,15H,5-6,9,11H2,1-2H3. The third kappa shape index (κ3) is 3.56. The molecule has 0 unspecified atom stereocenters. The third-order valence-electron chi connectivity index (χ3n) is 4.18. The van der Waals surface area contributed by atoms with Crippen molar-refractivity contribution >= 4 is 23.6 Å². The second-order valence-electron chi connectivity index (χ2n) is 6.46. The normalized spacial score (nSPS) is 14.4. The van der Waals surface area contributed by atoms with E-state index in [1.807, 2.05) is 29.9 Å². The highest BCUT2D eigenvalue weighted by molar-refractivity contribution is 7.71. The van der Waals surface area contributed by atoms with Gasteiger partial charge in [-0.3, -0.25) is 14.5 Å². The topological polar surface area (TPSA) is 51.8 Å². The Morgan fingerprint density at radius 2 is 2.24 bits per heavy atom. The number of pyridine rings is 1. The van der Waals surface area contributed by atoms with Gasteiger partial charge in [-0.2, -0.15) is 5.10 Å². The van der Waals surface area contributed by atoms with Gasteiger partial charge in [0.1, 0.15) is 0 Å². The van der Waals surface area contributed by atoms with E-state index in [0.29, 0.717) is 12.7 Å². The number of aryl methyl sites for hydroxylation is 1. The number of nitrogens with zero attached hydrogens (tertiary/aromatic N) is 6. The number of hydrogen-bond acceptors (Lipinski definition) is 6. The van der Waals surface area contributed by atoms with Crippen LogP contribution in [0.4, 0.5) is 0 Å². The molecule has 130 valence electrons. The van der Waals surface area contributed by atoms with Gasteiger partial charge in [0.25, 0.3) is 0 Å². The number of thiazole rings is 1. The molecule has 25 heavy (non-hydrogen) atoms. The SMILES string of the molecule is Cc1nc(CN(C)Cn2nc(-c3cccnc3)n(C3CC3)c2=S)cs1. The highest BCUT2D eigenvalue weighted by Crippen LogP contribution is 2.38. The largest absolute Gasteiger partial charge is 0.297 e. The van der Waals surface area contributed by atoms with E-state index in [1.165, 1.54) is 12.8 Å². The van der Waals surface area contributed by atoms with E-state index in [0.717, 1.165) is 33.4 Å². The van der Waals surface area contributed by atoms with Crippen molar-refractivity contribution in [2.24, 2.45) is 0 Å². The van der Waals surface area contributed by atoms with Crippen molar-refractivity contribution in [3.8, 4) is 11.4 Å². The number of aromatic nitrogens is 5. The molecule has 6 nitrogen and oxygen atoms in total. The summed E-state index contributed by atoms with van der Waals surface area (Å²) in [5, 5.41) is 8.00. The van der Waals surface area contributed by atoms with Gasteiger partial charge < -0.3 is 0 Å². The van der Waals surface area contributed by atoms with Gasteiger partial charge >= 0.3 is 0 Å². The quantitative estimate of drug-likeness (QED) is 0.618. The highest BCUT2D eigenvalue weighted by atomic mass is 32.1. The molecule has 1 fully saturated rings. The molecule has 3 aromatic rings. The lowest BCUT2D eigenvalue weighted by atomic mass is 10.3. The van der Waals surface area contributed by atoms with Crippen LogP contribution in [0.25, 0.3) is 11.4 Å². The molecule has 0 bridgehead atoms. The molecule has 1 aliphatic carbocycles. The van der Waals surface area contributed by atoms with E-state index in [-0.39, 0.29) is 0 Å². The highest BCUT2D eigenvalue weighted by Gasteiger charge is 2.29. The molecule has 0 N–H and O–H groups in total. The van der Waals surface area contributed by atoms with Crippen molar-refractivity contribution in [1.29, 1.82) is 0 Å². The van der Waals surface area contributed by atoms with Crippen LogP contribution in [0.2, 0.25) is 0 Å². The van der Waals surface area contributed by atoms with Crippen molar-refractivity contribution in [2.75, 3.05) is 7.05 Å². The summed E-state index contributed by atoms with van der Waals surface area (Å²) in [5.74, 6) is 0.915. The van der Waals surface area contributed by atoms with Crippen LogP contribution in [0.3, 0.4) is 0 Å². The molecule has 3 heterocycles. The van der Waals surface area contributed by atoms with Gasteiger partial charge in [0.15, 0.2) is 10.6 Å². The van der Waals surface area contributed by atoms with E-state index in [1.54, 1.807) is 17.5 Å². The lowest BCUT2D eigenvalue weighted by Gasteiger charge is -2.14. The Hall–Kier alpha value is -1.90. The third-order valence-corrected chi connectivity index (χ3v) is 5.41. The fourth-order valence-corrected chi connectivity index (χ4v) is 3.84. The molecule has 0 atom stereocenters. The van der Waals surface area contributed by atoms with Crippen LogP contribution < -0.4 is 0 Å². The van der Waals surface area contributed by atoms with Gasteiger partial charge in [-0.15, -0.1) is 11.3 Å². The first kappa shape index (κ1) is 16.6. The lowest BCUT2D eigenvalue weighted by Crippen LogP contribution is -2.22. The zero-order valence-electron chi connectivity index (χ0n) is 14.3. The molecule has 0 spiro atoms. The van der Waals surface area contributed by atoms with Gasteiger partial charge in [-0.05, 0) is 51.2 Å². The fraction of sp³-hybridized carbons (Fsp3) is 0.412. The molecule has 1 saturated carbocycles. The maximum Gasteiger partial charge on any atom is 0.199 e. The van der Waals surface area contributed by atoms with Crippen molar-refractivity contribution in [2.45, 2.75) is 39.0 Å². The molecular formula is C17H20N6S2. The summed E-state index contributed by atoms with van der Waals surface area (Å²) in [6.07, 6.45) is 5.96. The summed E-state index contributed by atoms with van der Waals surface area (Å²) < 4.78 is 4.88. The summed E-state index contributed by atoms with van der Waals surface area (Å²) in [4.78, 5) is 10.9. The molecule has 8 heteroatoms. The number of rotatable bonds is 6. The van der Waals surface area contributed by atoms with Gasteiger partial charge in [-0.1, -0.05) is 0 Å². The molecule has 0 radical (unpaired) electrons. The summed E-state index contributed by atoms with van der Waals surface area (Å²) in [7, 11) is 2.07. The molecule has 0 aliphatic heterocycles. The maximum atomic E-state index is 5.72. The van der Waals surface area contributed by atoms with Crippen LogP contribution in [0.5, 0.6) is 0 Å². The molecule has 0 aromatic carbocycles. The van der Waals surface area contributed by atoms with Gasteiger partial charge in [0, 0.05) is 35.9 Å². The van der Waals surface area contributed by atoms with Gasteiger partial charge in [0.05, 0.1) is 17.4 Å². The van der Waals surface area contributed by atoms with E-state index in [2.05, 4.69) is 31.9 Å². The Kier molecular flexibility index (Phi) is 4.49.